The number of thiocarbonyl (C=S) groups is 1. The van der Waals surface area contributed by atoms with Crippen molar-refractivity contribution in [2.45, 2.75) is 45.6 Å². The molecule has 0 aliphatic rings. The number of hydrogen-bond donors (Lipinski definition) is 0. The molecule has 0 heterocycles. The Kier molecular flexibility index (Phi) is 8.96. The fourth-order valence-corrected chi connectivity index (χ4v) is 2.59. The molecule has 1 aromatic carbocycles. The van der Waals surface area contributed by atoms with Crippen molar-refractivity contribution in [3.8, 4) is 0 Å². The van der Waals surface area contributed by atoms with Crippen molar-refractivity contribution in [3.05, 3.63) is 35.9 Å². The molecular formula is C15H22OS2. The molecule has 0 atom stereocenters. The van der Waals surface area contributed by atoms with Gasteiger partial charge in [-0.05, 0) is 24.2 Å². The zero-order chi connectivity index (χ0) is 13.1. The lowest BCUT2D eigenvalue weighted by Gasteiger charge is -2.06. The summed E-state index contributed by atoms with van der Waals surface area (Å²) in [6.07, 6.45) is 6.53. The van der Waals surface area contributed by atoms with E-state index in [1.165, 1.54) is 37.7 Å². The summed E-state index contributed by atoms with van der Waals surface area (Å²) in [6, 6.07) is 10.1. The highest BCUT2D eigenvalue weighted by atomic mass is 32.2. The van der Waals surface area contributed by atoms with Gasteiger partial charge in [-0.3, -0.25) is 0 Å². The number of rotatable bonds is 8. The van der Waals surface area contributed by atoms with Crippen molar-refractivity contribution < 1.29 is 4.74 Å². The largest absolute Gasteiger partial charge is 0.474 e. The summed E-state index contributed by atoms with van der Waals surface area (Å²) in [6.45, 7) is 2.82. The number of thioether (sulfide) groups is 1. The maximum absolute atomic E-state index is 5.55. The second-order valence-electron chi connectivity index (χ2n) is 4.29. The maximum Gasteiger partial charge on any atom is 0.220 e. The van der Waals surface area contributed by atoms with Crippen LogP contribution in [0.5, 0.6) is 0 Å². The molecule has 0 saturated carbocycles. The molecule has 0 aromatic heterocycles. The van der Waals surface area contributed by atoms with Crippen LogP contribution in [0.1, 0.15) is 44.6 Å². The summed E-state index contributed by atoms with van der Waals surface area (Å²) in [5, 5.41) is 0. The van der Waals surface area contributed by atoms with E-state index in [0.717, 1.165) is 5.75 Å². The molecule has 0 aliphatic carbocycles. The van der Waals surface area contributed by atoms with Crippen molar-refractivity contribution in [1.82, 2.24) is 0 Å². The zero-order valence-corrected chi connectivity index (χ0v) is 12.7. The Morgan fingerprint density at radius 2 is 1.83 bits per heavy atom. The topological polar surface area (TPSA) is 9.23 Å². The van der Waals surface area contributed by atoms with Gasteiger partial charge in [0.05, 0.1) is 0 Å². The predicted octanol–water partition coefficient (Wildman–Crippen LogP) is 5.19. The van der Waals surface area contributed by atoms with E-state index in [9.17, 15) is 0 Å². The van der Waals surface area contributed by atoms with Crippen LogP contribution in [0.4, 0.5) is 0 Å². The molecule has 18 heavy (non-hydrogen) atoms. The third kappa shape index (κ3) is 7.72. The molecular weight excluding hydrogens is 260 g/mol. The van der Waals surface area contributed by atoms with Crippen LogP contribution in [0.2, 0.25) is 0 Å². The Morgan fingerprint density at radius 1 is 1.11 bits per heavy atom. The Hall–Kier alpha value is -0.540. The highest BCUT2D eigenvalue weighted by molar-refractivity contribution is 8.22. The summed E-state index contributed by atoms with van der Waals surface area (Å²) < 4.78 is 6.23. The molecule has 0 radical (unpaired) electrons. The van der Waals surface area contributed by atoms with Crippen molar-refractivity contribution >= 4 is 28.4 Å². The number of ether oxygens (including phenoxy) is 1. The number of benzene rings is 1. The van der Waals surface area contributed by atoms with Gasteiger partial charge in [-0.25, -0.2) is 0 Å². The smallest absolute Gasteiger partial charge is 0.220 e. The SMILES string of the molecule is CCCCCCCSC(=S)OCc1ccccc1. The summed E-state index contributed by atoms with van der Waals surface area (Å²) in [5.74, 6) is 1.08. The minimum absolute atomic E-state index is 0.586. The minimum Gasteiger partial charge on any atom is -0.474 e. The third-order valence-corrected chi connectivity index (χ3v) is 3.99. The van der Waals surface area contributed by atoms with Crippen LogP contribution in [0.15, 0.2) is 30.3 Å². The fourth-order valence-electron chi connectivity index (χ4n) is 1.62. The van der Waals surface area contributed by atoms with E-state index in [2.05, 4.69) is 19.1 Å². The van der Waals surface area contributed by atoms with Crippen molar-refractivity contribution in [1.29, 1.82) is 0 Å². The van der Waals surface area contributed by atoms with Gasteiger partial charge < -0.3 is 4.74 Å². The van der Waals surface area contributed by atoms with E-state index >= 15 is 0 Å². The van der Waals surface area contributed by atoms with E-state index in [1.807, 2.05) is 18.2 Å². The van der Waals surface area contributed by atoms with Crippen molar-refractivity contribution in [3.63, 3.8) is 0 Å². The summed E-state index contributed by atoms with van der Waals surface area (Å²) in [4.78, 5) is 0. The standard InChI is InChI=1S/C15H22OS2/c1-2-3-4-5-9-12-18-15(17)16-13-14-10-7-6-8-11-14/h6-8,10-11H,2-5,9,12-13H2,1H3. The molecule has 0 bridgehead atoms. The van der Waals surface area contributed by atoms with Crippen LogP contribution in [-0.4, -0.2) is 10.1 Å². The molecule has 1 nitrogen and oxygen atoms in total. The second-order valence-corrected chi connectivity index (χ2v) is 5.98. The van der Waals surface area contributed by atoms with Crippen LogP contribution >= 0.6 is 24.0 Å². The summed E-state index contributed by atoms with van der Waals surface area (Å²) >= 11 is 6.86. The Bertz CT molecular complexity index is 325. The van der Waals surface area contributed by atoms with E-state index < -0.39 is 0 Å². The first-order valence-electron chi connectivity index (χ1n) is 6.66. The average Bonchev–Trinajstić information content (AvgIpc) is 2.41. The summed E-state index contributed by atoms with van der Waals surface area (Å²) in [5.41, 5.74) is 1.17. The first-order chi connectivity index (χ1) is 8.83. The van der Waals surface area contributed by atoms with E-state index in [4.69, 9.17) is 17.0 Å². The average molecular weight is 282 g/mol. The van der Waals surface area contributed by atoms with Gasteiger partial charge in [-0.15, -0.1) is 0 Å². The van der Waals surface area contributed by atoms with Gasteiger partial charge in [-0.1, -0.05) is 74.7 Å². The second kappa shape index (κ2) is 10.4. The molecule has 100 valence electrons. The lowest BCUT2D eigenvalue weighted by molar-refractivity contribution is 0.310. The van der Waals surface area contributed by atoms with E-state index in [0.29, 0.717) is 11.0 Å². The Morgan fingerprint density at radius 3 is 2.56 bits per heavy atom. The maximum atomic E-state index is 5.55. The highest BCUT2D eigenvalue weighted by Crippen LogP contribution is 2.13. The van der Waals surface area contributed by atoms with Crippen LogP contribution in [0.25, 0.3) is 0 Å². The first-order valence-corrected chi connectivity index (χ1v) is 8.05. The van der Waals surface area contributed by atoms with Crippen molar-refractivity contribution in [2.24, 2.45) is 0 Å². The van der Waals surface area contributed by atoms with Crippen molar-refractivity contribution in [2.75, 3.05) is 5.75 Å². The number of hydrogen-bond acceptors (Lipinski definition) is 3. The van der Waals surface area contributed by atoms with Gasteiger partial charge in [0, 0.05) is 5.75 Å². The van der Waals surface area contributed by atoms with Gasteiger partial charge in [-0.2, -0.15) is 0 Å². The predicted molar refractivity (Wildman–Crippen MR) is 85.0 cm³/mol. The fraction of sp³-hybridized carbons (Fsp3) is 0.533. The molecule has 1 rings (SSSR count). The van der Waals surface area contributed by atoms with Crippen LogP contribution in [-0.2, 0) is 11.3 Å². The molecule has 0 unspecified atom stereocenters. The van der Waals surface area contributed by atoms with Gasteiger partial charge >= 0.3 is 0 Å². The van der Waals surface area contributed by atoms with Gasteiger partial charge in [0.1, 0.15) is 6.61 Å². The monoisotopic (exact) mass is 282 g/mol. The normalized spacial score (nSPS) is 10.3. The lowest BCUT2D eigenvalue weighted by Crippen LogP contribution is -1.98. The molecule has 0 saturated heterocycles. The molecule has 0 spiro atoms. The van der Waals surface area contributed by atoms with Gasteiger partial charge in [0.25, 0.3) is 0 Å². The van der Waals surface area contributed by atoms with E-state index in [-0.39, 0.29) is 0 Å². The van der Waals surface area contributed by atoms with Gasteiger partial charge in [0.15, 0.2) is 0 Å². The molecule has 0 aliphatic heterocycles. The van der Waals surface area contributed by atoms with Crippen LogP contribution in [0, 0.1) is 0 Å². The molecule has 3 heteroatoms. The third-order valence-electron chi connectivity index (χ3n) is 2.67. The Labute approximate surface area is 120 Å². The molecule has 0 N–H and O–H groups in total. The Balaban J connectivity index is 2.01. The number of unbranched alkanes of at least 4 members (excludes halogenated alkanes) is 4. The first kappa shape index (κ1) is 15.5. The van der Waals surface area contributed by atoms with E-state index in [1.54, 1.807) is 11.8 Å². The highest BCUT2D eigenvalue weighted by Gasteiger charge is 1.99. The minimum atomic E-state index is 0.586. The zero-order valence-electron chi connectivity index (χ0n) is 11.1. The molecule has 1 aromatic rings. The quantitative estimate of drug-likeness (QED) is 0.479. The van der Waals surface area contributed by atoms with Crippen LogP contribution < -0.4 is 0 Å². The molecule has 0 amide bonds. The van der Waals surface area contributed by atoms with Gasteiger partial charge in [0.2, 0.25) is 4.38 Å². The summed E-state index contributed by atoms with van der Waals surface area (Å²) in [7, 11) is 0. The lowest BCUT2D eigenvalue weighted by atomic mass is 10.2. The van der Waals surface area contributed by atoms with Crippen LogP contribution in [0.3, 0.4) is 0 Å². The molecule has 0 fully saturated rings.